The van der Waals surface area contributed by atoms with Gasteiger partial charge in [0.25, 0.3) is 0 Å². The van der Waals surface area contributed by atoms with Crippen LogP contribution < -0.4 is 0 Å². The van der Waals surface area contributed by atoms with E-state index in [0.29, 0.717) is 6.04 Å². The lowest BCUT2D eigenvalue weighted by Crippen LogP contribution is -2.37. The highest BCUT2D eigenvalue weighted by Crippen LogP contribution is 2.13. The number of piperidine rings is 1. The SMILES string of the molecule is CC[CH]C(C)N1CCCCC1. The van der Waals surface area contributed by atoms with Crippen molar-refractivity contribution in [1.82, 2.24) is 4.90 Å². The molecule has 0 aromatic rings. The predicted molar refractivity (Wildman–Crippen MR) is 49.5 cm³/mol. The van der Waals surface area contributed by atoms with Gasteiger partial charge in [0.15, 0.2) is 0 Å². The Labute approximate surface area is 70.8 Å². The Morgan fingerprint density at radius 2 is 1.91 bits per heavy atom. The Morgan fingerprint density at radius 3 is 2.45 bits per heavy atom. The van der Waals surface area contributed by atoms with Crippen molar-refractivity contribution in [3.05, 3.63) is 6.42 Å². The van der Waals surface area contributed by atoms with Gasteiger partial charge in [-0.05, 0) is 39.3 Å². The molecule has 0 amide bonds. The van der Waals surface area contributed by atoms with Gasteiger partial charge in [0.05, 0.1) is 0 Å². The van der Waals surface area contributed by atoms with Crippen LogP contribution in [0, 0.1) is 6.42 Å². The third-order valence-electron chi connectivity index (χ3n) is 2.54. The zero-order valence-electron chi connectivity index (χ0n) is 7.84. The standard InChI is InChI=1S/C10H20N/c1-3-7-10(2)11-8-5-4-6-9-11/h7,10H,3-6,8-9H2,1-2H3. The number of hydrogen-bond donors (Lipinski definition) is 0. The van der Waals surface area contributed by atoms with Gasteiger partial charge in [0.1, 0.15) is 0 Å². The van der Waals surface area contributed by atoms with Crippen LogP contribution in [0.2, 0.25) is 0 Å². The van der Waals surface area contributed by atoms with E-state index in [4.69, 9.17) is 0 Å². The highest BCUT2D eigenvalue weighted by Gasteiger charge is 2.15. The summed E-state index contributed by atoms with van der Waals surface area (Å²) in [7, 11) is 0. The van der Waals surface area contributed by atoms with Crippen LogP contribution in [0.25, 0.3) is 0 Å². The zero-order chi connectivity index (χ0) is 8.10. The molecule has 0 aromatic carbocycles. The second-order valence-corrected chi connectivity index (χ2v) is 3.48. The van der Waals surface area contributed by atoms with Crippen molar-refractivity contribution >= 4 is 0 Å². The molecule has 1 fully saturated rings. The summed E-state index contributed by atoms with van der Waals surface area (Å²) in [4.78, 5) is 2.59. The molecule has 0 aromatic heterocycles. The van der Waals surface area contributed by atoms with Gasteiger partial charge in [-0.3, -0.25) is 0 Å². The van der Waals surface area contributed by atoms with Gasteiger partial charge in [0.2, 0.25) is 0 Å². The first-order chi connectivity index (χ1) is 5.34. The number of likely N-dealkylation sites (tertiary alicyclic amines) is 1. The highest BCUT2D eigenvalue weighted by molar-refractivity contribution is 4.81. The van der Waals surface area contributed by atoms with E-state index in [2.05, 4.69) is 25.2 Å². The van der Waals surface area contributed by atoms with Crippen LogP contribution in [0.1, 0.15) is 39.5 Å². The van der Waals surface area contributed by atoms with Crippen molar-refractivity contribution in [3.63, 3.8) is 0 Å². The maximum absolute atomic E-state index is 2.59. The summed E-state index contributed by atoms with van der Waals surface area (Å²) in [5.41, 5.74) is 0. The first-order valence-electron chi connectivity index (χ1n) is 4.92. The van der Waals surface area contributed by atoms with Crippen molar-refractivity contribution in [2.24, 2.45) is 0 Å². The molecule has 1 radical (unpaired) electrons. The molecule has 1 aliphatic heterocycles. The van der Waals surface area contributed by atoms with E-state index in [-0.39, 0.29) is 0 Å². The lowest BCUT2D eigenvalue weighted by Gasteiger charge is -2.31. The maximum atomic E-state index is 2.59. The lowest BCUT2D eigenvalue weighted by molar-refractivity contribution is 0.190. The van der Waals surface area contributed by atoms with Crippen LogP contribution in [-0.4, -0.2) is 24.0 Å². The maximum Gasteiger partial charge on any atom is 0.00983 e. The predicted octanol–water partition coefficient (Wildman–Crippen LogP) is 2.48. The van der Waals surface area contributed by atoms with Crippen molar-refractivity contribution in [1.29, 1.82) is 0 Å². The second kappa shape index (κ2) is 4.76. The molecule has 1 atom stereocenters. The Morgan fingerprint density at radius 1 is 1.27 bits per heavy atom. The first-order valence-corrected chi connectivity index (χ1v) is 4.92. The quantitative estimate of drug-likeness (QED) is 0.603. The number of nitrogens with zero attached hydrogens (tertiary/aromatic N) is 1. The fourth-order valence-corrected chi connectivity index (χ4v) is 1.82. The van der Waals surface area contributed by atoms with Crippen LogP contribution in [0.5, 0.6) is 0 Å². The minimum Gasteiger partial charge on any atom is -0.300 e. The zero-order valence-corrected chi connectivity index (χ0v) is 7.84. The van der Waals surface area contributed by atoms with Crippen LogP contribution >= 0.6 is 0 Å². The highest BCUT2D eigenvalue weighted by atomic mass is 15.1. The Kier molecular flexibility index (Phi) is 3.92. The summed E-state index contributed by atoms with van der Waals surface area (Å²) in [5.74, 6) is 0. The Balaban J connectivity index is 2.21. The van der Waals surface area contributed by atoms with Crippen LogP contribution in [0.4, 0.5) is 0 Å². The van der Waals surface area contributed by atoms with E-state index >= 15 is 0 Å². The monoisotopic (exact) mass is 154 g/mol. The van der Waals surface area contributed by atoms with Crippen molar-refractivity contribution in [2.45, 2.75) is 45.6 Å². The minimum absolute atomic E-state index is 0.709. The van der Waals surface area contributed by atoms with Crippen molar-refractivity contribution in [3.8, 4) is 0 Å². The van der Waals surface area contributed by atoms with E-state index in [1.807, 2.05) is 0 Å². The van der Waals surface area contributed by atoms with Gasteiger partial charge >= 0.3 is 0 Å². The average Bonchev–Trinajstić information content (AvgIpc) is 2.07. The summed E-state index contributed by atoms with van der Waals surface area (Å²) >= 11 is 0. The van der Waals surface area contributed by atoms with Gasteiger partial charge in [-0.2, -0.15) is 0 Å². The molecule has 1 heteroatoms. The third kappa shape index (κ3) is 2.82. The molecule has 1 aliphatic rings. The summed E-state index contributed by atoms with van der Waals surface area (Å²) in [6, 6.07) is 0.709. The topological polar surface area (TPSA) is 3.24 Å². The third-order valence-corrected chi connectivity index (χ3v) is 2.54. The lowest BCUT2D eigenvalue weighted by atomic mass is 10.1. The van der Waals surface area contributed by atoms with Gasteiger partial charge < -0.3 is 4.90 Å². The Bertz CT molecular complexity index is 95.0. The number of rotatable bonds is 3. The molecule has 65 valence electrons. The molecular formula is C10H20N. The fraction of sp³-hybridized carbons (Fsp3) is 0.900. The molecule has 1 rings (SSSR count). The molecule has 1 unspecified atom stereocenters. The van der Waals surface area contributed by atoms with Crippen molar-refractivity contribution < 1.29 is 0 Å². The molecule has 1 heterocycles. The largest absolute Gasteiger partial charge is 0.300 e. The smallest absolute Gasteiger partial charge is 0.00983 e. The fourth-order valence-electron chi connectivity index (χ4n) is 1.82. The van der Waals surface area contributed by atoms with Gasteiger partial charge in [-0.15, -0.1) is 0 Å². The molecular weight excluding hydrogens is 134 g/mol. The van der Waals surface area contributed by atoms with Crippen molar-refractivity contribution in [2.75, 3.05) is 13.1 Å². The van der Waals surface area contributed by atoms with Gasteiger partial charge in [-0.1, -0.05) is 19.8 Å². The summed E-state index contributed by atoms with van der Waals surface area (Å²) in [6.45, 7) is 7.17. The normalized spacial score (nSPS) is 23.5. The van der Waals surface area contributed by atoms with Crippen LogP contribution in [-0.2, 0) is 0 Å². The van der Waals surface area contributed by atoms with Crippen LogP contribution in [0.3, 0.4) is 0 Å². The molecule has 0 spiro atoms. The first kappa shape index (κ1) is 9.05. The van der Waals surface area contributed by atoms with Gasteiger partial charge in [0, 0.05) is 6.04 Å². The summed E-state index contributed by atoms with van der Waals surface area (Å²) in [5, 5.41) is 0. The minimum atomic E-state index is 0.709. The van der Waals surface area contributed by atoms with E-state index in [9.17, 15) is 0 Å². The average molecular weight is 154 g/mol. The molecule has 1 nitrogen and oxygen atoms in total. The summed E-state index contributed by atoms with van der Waals surface area (Å²) < 4.78 is 0. The molecule has 0 aliphatic carbocycles. The van der Waals surface area contributed by atoms with E-state index in [0.717, 1.165) is 0 Å². The molecule has 0 saturated carbocycles. The van der Waals surface area contributed by atoms with E-state index < -0.39 is 0 Å². The molecule has 1 saturated heterocycles. The second-order valence-electron chi connectivity index (χ2n) is 3.48. The number of hydrogen-bond acceptors (Lipinski definition) is 1. The molecule has 0 bridgehead atoms. The summed E-state index contributed by atoms with van der Waals surface area (Å²) in [6.07, 6.45) is 7.86. The van der Waals surface area contributed by atoms with Gasteiger partial charge in [-0.25, -0.2) is 0 Å². The Hall–Kier alpha value is -0.0400. The van der Waals surface area contributed by atoms with E-state index in [1.165, 1.54) is 38.8 Å². The molecule has 11 heavy (non-hydrogen) atoms. The van der Waals surface area contributed by atoms with Crippen LogP contribution in [0.15, 0.2) is 0 Å². The van der Waals surface area contributed by atoms with E-state index in [1.54, 1.807) is 0 Å². The molecule has 0 N–H and O–H groups in total.